The second kappa shape index (κ2) is 7.14. The molecule has 0 radical (unpaired) electrons. The Morgan fingerprint density at radius 1 is 1.40 bits per heavy atom. The third-order valence-electron chi connectivity index (χ3n) is 2.74. The van der Waals surface area contributed by atoms with Gasteiger partial charge in [-0.3, -0.25) is 4.79 Å². The highest BCUT2D eigenvalue weighted by Gasteiger charge is 2.13. The molecule has 0 amide bonds. The summed E-state index contributed by atoms with van der Waals surface area (Å²) in [4.78, 5) is 16.1. The van der Waals surface area contributed by atoms with Crippen molar-refractivity contribution in [2.75, 3.05) is 18.2 Å². The Morgan fingerprint density at radius 3 is 2.95 bits per heavy atom. The van der Waals surface area contributed by atoms with Crippen molar-refractivity contribution < 1.29 is 9.53 Å². The van der Waals surface area contributed by atoms with Crippen LogP contribution in [0.1, 0.15) is 19.8 Å². The van der Waals surface area contributed by atoms with Crippen molar-refractivity contribution in [3.63, 3.8) is 0 Å². The van der Waals surface area contributed by atoms with Gasteiger partial charge < -0.3 is 10.1 Å². The summed E-state index contributed by atoms with van der Waals surface area (Å²) in [7, 11) is 1.40. The van der Waals surface area contributed by atoms with Crippen LogP contribution in [-0.4, -0.2) is 23.9 Å². The first-order valence-corrected chi connectivity index (χ1v) is 7.56. The lowest BCUT2D eigenvalue weighted by molar-refractivity contribution is -0.139. The number of ether oxygens (including phenoxy) is 1. The SMILES string of the molecule is CCCSC1=Nc2ccccc2NC(CC(=O)OC)=C1. The van der Waals surface area contributed by atoms with Gasteiger partial charge in [-0.15, -0.1) is 11.8 Å². The van der Waals surface area contributed by atoms with Crippen LogP contribution >= 0.6 is 11.8 Å². The van der Waals surface area contributed by atoms with Gasteiger partial charge in [-0.1, -0.05) is 19.1 Å². The average molecular weight is 290 g/mol. The molecule has 0 spiro atoms. The number of methoxy groups -OCH3 is 1. The van der Waals surface area contributed by atoms with Crippen LogP contribution < -0.4 is 5.32 Å². The quantitative estimate of drug-likeness (QED) is 0.858. The lowest BCUT2D eigenvalue weighted by Gasteiger charge is -2.09. The first-order chi connectivity index (χ1) is 9.72. The zero-order valence-electron chi connectivity index (χ0n) is 11.7. The number of benzene rings is 1. The van der Waals surface area contributed by atoms with Crippen molar-refractivity contribution >= 4 is 34.1 Å². The van der Waals surface area contributed by atoms with Crippen LogP contribution in [-0.2, 0) is 9.53 Å². The molecule has 4 nitrogen and oxygen atoms in total. The summed E-state index contributed by atoms with van der Waals surface area (Å²) in [6.45, 7) is 2.13. The minimum atomic E-state index is -0.261. The zero-order valence-corrected chi connectivity index (χ0v) is 12.5. The summed E-state index contributed by atoms with van der Waals surface area (Å²) in [6.07, 6.45) is 3.23. The largest absolute Gasteiger partial charge is 0.469 e. The van der Waals surface area contributed by atoms with E-state index in [0.29, 0.717) is 0 Å². The summed E-state index contributed by atoms with van der Waals surface area (Å²) >= 11 is 1.69. The van der Waals surface area contributed by atoms with Gasteiger partial charge in [0.25, 0.3) is 0 Å². The van der Waals surface area contributed by atoms with Gasteiger partial charge in [-0.25, -0.2) is 4.99 Å². The van der Waals surface area contributed by atoms with Crippen LogP contribution in [0.3, 0.4) is 0 Å². The highest BCUT2D eigenvalue weighted by Crippen LogP contribution is 2.31. The van der Waals surface area contributed by atoms with E-state index < -0.39 is 0 Å². The molecule has 0 saturated heterocycles. The van der Waals surface area contributed by atoms with Crippen LogP contribution in [0.15, 0.2) is 41.0 Å². The normalized spacial score (nSPS) is 13.5. The molecular formula is C15H18N2O2S. The Bertz CT molecular complexity index is 553. The summed E-state index contributed by atoms with van der Waals surface area (Å²) in [5.41, 5.74) is 2.61. The van der Waals surface area contributed by atoms with Crippen LogP contribution in [0, 0.1) is 0 Å². The lowest BCUT2D eigenvalue weighted by atomic mass is 10.2. The number of hydrogen-bond acceptors (Lipinski definition) is 5. The van der Waals surface area contributed by atoms with Gasteiger partial charge >= 0.3 is 5.97 Å². The Kier molecular flexibility index (Phi) is 5.24. The van der Waals surface area contributed by atoms with Gasteiger partial charge in [0.05, 0.1) is 29.9 Å². The van der Waals surface area contributed by atoms with E-state index in [2.05, 4.69) is 17.2 Å². The molecule has 106 valence electrons. The number of nitrogens with one attached hydrogen (secondary N) is 1. The molecule has 20 heavy (non-hydrogen) atoms. The molecule has 0 aliphatic carbocycles. The van der Waals surface area contributed by atoms with Crippen LogP contribution in [0.5, 0.6) is 0 Å². The van der Waals surface area contributed by atoms with Crippen LogP contribution in [0.25, 0.3) is 0 Å². The van der Waals surface area contributed by atoms with Crippen molar-refractivity contribution in [2.24, 2.45) is 4.99 Å². The van der Waals surface area contributed by atoms with E-state index in [0.717, 1.165) is 34.3 Å². The second-order valence-electron chi connectivity index (χ2n) is 4.36. The summed E-state index contributed by atoms with van der Waals surface area (Å²) in [5.74, 6) is 0.742. The average Bonchev–Trinajstić information content (AvgIpc) is 2.63. The Labute approximate surface area is 123 Å². The standard InChI is InChI=1S/C15H18N2O2S/c1-3-8-20-14-9-11(10-15(18)19-2)16-12-6-4-5-7-13(12)17-14/h4-7,9,16H,3,8,10H2,1-2H3. The molecule has 1 aromatic carbocycles. The number of para-hydroxylation sites is 2. The predicted octanol–water partition coefficient (Wildman–Crippen LogP) is 3.73. The molecule has 0 atom stereocenters. The molecule has 1 aliphatic heterocycles. The van der Waals surface area contributed by atoms with E-state index in [1.807, 2.05) is 30.3 Å². The molecule has 0 fully saturated rings. The minimum Gasteiger partial charge on any atom is -0.469 e. The molecule has 2 rings (SSSR count). The van der Waals surface area contributed by atoms with Crippen LogP contribution in [0.2, 0.25) is 0 Å². The van der Waals surface area contributed by atoms with Gasteiger partial charge in [0, 0.05) is 5.70 Å². The highest BCUT2D eigenvalue weighted by molar-refractivity contribution is 8.14. The lowest BCUT2D eigenvalue weighted by Crippen LogP contribution is -2.08. The maximum atomic E-state index is 11.5. The number of nitrogens with zero attached hydrogens (tertiary/aromatic N) is 1. The number of esters is 1. The van der Waals surface area contributed by atoms with E-state index in [4.69, 9.17) is 4.74 Å². The highest BCUT2D eigenvalue weighted by atomic mass is 32.2. The summed E-state index contributed by atoms with van der Waals surface area (Å²) < 4.78 is 4.73. The fourth-order valence-corrected chi connectivity index (χ4v) is 2.59. The third kappa shape index (κ3) is 3.87. The van der Waals surface area contributed by atoms with Crippen molar-refractivity contribution in [2.45, 2.75) is 19.8 Å². The van der Waals surface area contributed by atoms with E-state index in [-0.39, 0.29) is 12.4 Å². The van der Waals surface area contributed by atoms with E-state index >= 15 is 0 Å². The summed E-state index contributed by atoms with van der Waals surface area (Å²) in [6, 6.07) is 7.82. The van der Waals surface area contributed by atoms with Crippen molar-refractivity contribution in [1.82, 2.24) is 0 Å². The number of carbonyl (C=O) groups excluding carboxylic acids is 1. The summed E-state index contributed by atoms with van der Waals surface area (Å²) in [5, 5.41) is 4.18. The van der Waals surface area contributed by atoms with Gasteiger partial charge in [0.2, 0.25) is 0 Å². The first kappa shape index (κ1) is 14.7. The maximum absolute atomic E-state index is 11.5. The van der Waals surface area contributed by atoms with Crippen LogP contribution in [0.4, 0.5) is 11.4 Å². The Morgan fingerprint density at radius 2 is 2.20 bits per heavy atom. The smallest absolute Gasteiger partial charge is 0.311 e. The van der Waals surface area contributed by atoms with Crippen molar-refractivity contribution in [1.29, 1.82) is 0 Å². The fraction of sp³-hybridized carbons (Fsp3) is 0.333. The molecule has 0 aromatic heterocycles. The molecule has 0 saturated carbocycles. The molecule has 1 aliphatic rings. The van der Waals surface area contributed by atoms with Gasteiger partial charge in [0.15, 0.2) is 0 Å². The molecule has 1 N–H and O–H groups in total. The number of aliphatic imine (C=N–C) groups is 1. The molecule has 0 unspecified atom stereocenters. The first-order valence-electron chi connectivity index (χ1n) is 6.58. The molecule has 1 aromatic rings. The maximum Gasteiger partial charge on any atom is 0.311 e. The van der Waals surface area contributed by atoms with Gasteiger partial charge in [-0.05, 0) is 30.4 Å². The molecule has 5 heteroatoms. The number of carbonyl (C=O) groups is 1. The number of rotatable bonds is 4. The Hall–Kier alpha value is -1.75. The minimum absolute atomic E-state index is 0.219. The topological polar surface area (TPSA) is 50.7 Å². The number of hydrogen-bond donors (Lipinski definition) is 1. The fourth-order valence-electron chi connectivity index (χ4n) is 1.79. The number of anilines is 1. The van der Waals surface area contributed by atoms with Gasteiger partial charge in [-0.2, -0.15) is 0 Å². The molecule has 0 bridgehead atoms. The van der Waals surface area contributed by atoms with E-state index in [1.54, 1.807) is 11.8 Å². The predicted molar refractivity (Wildman–Crippen MR) is 84.6 cm³/mol. The number of thioether (sulfide) groups is 1. The molecular weight excluding hydrogens is 272 g/mol. The van der Waals surface area contributed by atoms with E-state index in [1.165, 1.54) is 7.11 Å². The molecule has 1 heterocycles. The number of fused-ring (bicyclic) bond motifs is 1. The van der Waals surface area contributed by atoms with Crippen molar-refractivity contribution in [3.05, 3.63) is 36.0 Å². The monoisotopic (exact) mass is 290 g/mol. The second-order valence-corrected chi connectivity index (χ2v) is 5.48. The third-order valence-corrected chi connectivity index (χ3v) is 3.86. The Balaban J connectivity index is 2.28. The zero-order chi connectivity index (χ0) is 14.4. The van der Waals surface area contributed by atoms with E-state index in [9.17, 15) is 4.79 Å². The van der Waals surface area contributed by atoms with Crippen molar-refractivity contribution in [3.8, 4) is 0 Å². The van der Waals surface area contributed by atoms with Gasteiger partial charge in [0.1, 0.15) is 0 Å².